The standard InChI is InChI=1S/C13H24N2O3/c1-4-11-7-5-6-8-15(11)12(16)9-14(3)10(2)13(17)18/h10-11H,4-9H2,1-3H3,(H,17,18)/t10-,11+/m0/s1. The van der Waals surface area contributed by atoms with E-state index in [0.717, 1.165) is 25.8 Å². The van der Waals surface area contributed by atoms with Crippen LogP contribution in [0.15, 0.2) is 0 Å². The number of aliphatic carboxylic acids is 1. The highest BCUT2D eigenvalue weighted by atomic mass is 16.4. The Morgan fingerprint density at radius 3 is 2.67 bits per heavy atom. The predicted octanol–water partition coefficient (Wildman–Crippen LogP) is 1.18. The Morgan fingerprint density at radius 1 is 1.44 bits per heavy atom. The number of likely N-dealkylation sites (N-methyl/N-ethyl adjacent to an activating group) is 1. The highest BCUT2D eigenvalue weighted by molar-refractivity contribution is 5.80. The zero-order chi connectivity index (χ0) is 13.7. The van der Waals surface area contributed by atoms with Crippen LogP contribution in [0, 0.1) is 0 Å². The van der Waals surface area contributed by atoms with E-state index in [0.29, 0.717) is 6.04 Å². The minimum absolute atomic E-state index is 0.0529. The van der Waals surface area contributed by atoms with Crippen molar-refractivity contribution < 1.29 is 14.7 Å². The van der Waals surface area contributed by atoms with E-state index >= 15 is 0 Å². The Bertz CT molecular complexity index is 307. The molecule has 1 saturated heterocycles. The van der Waals surface area contributed by atoms with Crippen LogP contribution in [0.1, 0.15) is 39.5 Å². The SMILES string of the molecule is CC[C@@H]1CCCCN1C(=O)CN(C)[C@@H](C)C(=O)O. The van der Waals surface area contributed by atoms with E-state index in [1.165, 1.54) is 6.42 Å². The maximum atomic E-state index is 12.2. The summed E-state index contributed by atoms with van der Waals surface area (Å²) in [5.41, 5.74) is 0. The molecular formula is C13H24N2O3. The number of carbonyl (C=O) groups excluding carboxylic acids is 1. The number of hydrogen-bond donors (Lipinski definition) is 1. The molecule has 0 aromatic carbocycles. The molecule has 0 unspecified atom stereocenters. The van der Waals surface area contributed by atoms with E-state index in [1.54, 1.807) is 18.9 Å². The Hall–Kier alpha value is -1.10. The molecule has 0 aromatic rings. The van der Waals surface area contributed by atoms with E-state index in [-0.39, 0.29) is 12.5 Å². The lowest BCUT2D eigenvalue weighted by Gasteiger charge is -2.36. The van der Waals surface area contributed by atoms with Crippen molar-refractivity contribution in [2.24, 2.45) is 0 Å². The zero-order valence-electron chi connectivity index (χ0n) is 11.6. The van der Waals surface area contributed by atoms with Crippen LogP contribution in [0.3, 0.4) is 0 Å². The number of rotatable bonds is 5. The number of hydrogen-bond acceptors (Lipinski definition) is 3. The van der Waals surface area contributed by atoms with Crippen LogP contribution in [0.4, 0.5) is 0 Å². The van der Waals surface area contributed by atoms with Crippen LogP contribution in [-0.4, -0.2) is 59.0 Å². The van der Waals surface area contributed by atoms with E-state index in [9.17, 15) is 9.59 Å². The summed E-state index contributed by atoms with van der Waals surface area (Å²) in [6.07, 6.45) is 4.29. The van der Waals surface area contributed by atoms with Gasteiger partial charge in [0.25, 0.3) is 0 Å². The highest BCUT2D eigenvalue weighted by Gasteiger charge is 2.27. The van der Waals surface area contributed by atoms with Crippen LogP contribution in [-0.2, 0) is 9.59 Å². The molecule has 1 fully saturated rings. The molecule has 104 valence electrons. The van der Waals surface area contributed by atoms with Crippen molar-refractivity contribution in [2.75, 3.05) is 20.1 Å². The largest absolute Gasteiger partial charge is 0.480 e. The van der Waals surface area contributed by atoms with Gasteiger partial charge in [-0.15, -0.1) is 0 Å². The zero-order valence-corrected chi connectivity index (χ0v) is 11.6. The van der Waals surface area contributed by atoms with Gasteiger partial charge in [-0.05, 0) is 39.7 Å². The number of piperidine rings is 1. The average molecular weight is 256 g/mol. The molecule has 2 atom stereocenters. The van der Waals surface area contributed by atoms with Crippen molar-refractivity contribution in [1.82, 2.24) is 9.80 Å². The van der Waals surface area contributed by atoms with Gasteiger partial charge in [-0.1, -0.05) is 6.92 Å². The number of likely N-dealkylation sites (tertiary alicyclic amines) is 1. The molecule has 0 spiro atoms. The number of amides is 1. The molecule has 0 aromatic heterocycles. The number of carboxylic acid groups (broad SMARTS) is 1. The lowest BCUT2D eigenvalue weighted by molar-refractivity contribution is -0.144. The summed E-state index contributed by atoms with van der Waals surface area (Å²) in [7, 11) is 1.68. The summed E-state index contributed by atoms with van der Waals surface area (Å²) in [6.45, 7) is 4.69. The quantitative estimate of drug-likeness (QED) is 0.802. The molecule has 1 heterocycles. The summed E-state index contributed by atoms with van der Waals surface area (Å²) in [5, 5.41) is 8.91. The van der Waals surface area contributed by atoms with Crippen LogP contribution < -0.4 is 0 Å². The Labute approximate surface area is 109 Å². The van der Waals surface area contributed by atoms with Crippen molar-refractivity contribution >= 4 is 11.9 Å². The molecule has 1 aliphatic heterocycles. The molecule has 5 heteroatoms. The van der Waals surface area contributed by atoms with Crippen molar-refractivity contribution in [3.05, 3.63) is 0 Å². The minimum Gasteiger partial charge on any atom is -0.480 e. The fourth-order valence-corrected chi connectivity index (χ4v) is 2.38. The Balaban J connectivity index is 2.55. The molecule has 0 aliphatic carbocycles. The molecule has 0 bridgehead atoms. The van der Waals surface area contributed by atoms with Gasteiger partial charge < -0.3 is 10.0 Å². The van der Waals surface area contributed by atoms with Gasteiger partial charge in [0.05, 0.1) is 6.54 Å². The van der Waals surface area contributed by atoms with E-state index < -0.39 is 12.0 Å². The van der Waals surface area contributed by atoms with Crippen LogP contribution in [0.5, 0.6) is 0 Å². The molecule has 0 radical (unpaired) electrons. The fourth-order valence-electron chi connectivity index (χ4n) is 2.38. The highest BCUT2D eigenvalue weighted by Crippen LogP contribution is 2.19. The third-order valence-corrected chi connectivity index (χ3v) is 3.82. The van der Waals surface area contributed by atoms with Gasteiger partial charge in [-0.2, -0.15) is 0 Å². The summed E-state index contributed by atoms with van der Waals surface area (Å²) < 4.78 is 0. The number of nitrogens with zero attached hydrogens (tertiary/aromatic N) is 2. The van der Waals surface area contributed by atoms with Gasteiger partial charge >= 0.3 is 5.97 Å². The maximum absolute atomic E-state index is 12.2. The monoisotopic (exact) mass is 256 g/mol. The molecular weight excluding hydrogens is 232 g/mol. The Kier molecular flexibility index (Phi) is 5.59. The first-order valence-electron chi connectivity index (χ1n) is 6.69. The van der Waals surface area contributed by atoms with Crippen molar-refractivity contribution in [2.45, 2.75) is 51.6 Å². The fraction of sp³-hybridized carbons (Fsp3) is 0.846. The predicted molar refractivity (Wildman–Crippen MR) is 69.4 cm³/mol. The molecule has 1 N–H and O–H groups in total. The van der Waals surface area contributed by atoms with Crippen molar-refractivity contribution in [1.29, 1.82) is 0 Å². The van der Waals surface area contributed by atoms with Crippen LogP contribution in [0.25, 0.3) is 0 Å². The summed E-state index contributed by atoms with van der Waals surface area (Å²) >= 11 is 0. The van der Waals surface area contributed by atoms with Gasteiger partial charge in [0, 0.05) is 12.6 Å². The van der Waals surface area contributed by atoms with Gasteiger partial charge in [-0.25, -0.2) is 0 Å². The molecule has 18 heavy (non-hydrogen) atoms. The van der Waals surface area contributed by atoms with Gasteiger partial charge in [-0.3, -0.25) is 14.5 Å². The van der Waals surface area contributed by atoms with Crippen LogP contribution >= 0.6 is 0 Å². The molecule has 1 amide bonds. The maximum Gasteiger partial charge on any atom is 0.320 e. The first kappa shape index (κ1) is 15.0. The Morgan fingerprint density at radius 2 is 2.11 bits per heavy atom. The second kappa shape index (κ2) is 6.73. The average Bonchev–Trinajstić information content (AvgIpc) is 2.37. The summed E-state index contributed by atoms with van der Waals surface area (Å²) in [4.78, 5) is 26.6. The van der Waals surface area contributed by atoms with E-state index in [2.05, 4.69) is 6.92 Å². The van der Waals surface area contributed by atoms with E-state index in [1.807, 2.05) is 4.90 Å². The third-order valence-electron chi connectivity index (χ3n) is 3.82. The van der Waals surface area contributed by atoms with Crippen molar-refractivity contribution in [3.8, 4) is 0 Å². The van der Waals surface area contributed by atoms with E-state index in [4.69, 9.17) is 5.11 Å². The molecule has 1 aliphatic rings. The molecule has 1 rings (SSSR count). The summed E-state index contributed by atoms with van der Waals surface area (Å²) in [6, 6.07) is -0.293. The van der Waals surface area contributed by atoms with Gasteiger partial charge in [0.15, 0.2) is 0 Å². The lowest BCUT2D eigenvalue weighted by atomic mass is 10.00. The number of carbonyl (C=O) groups is 2. The second-order valence-electron chi connectivity index (χ2n) is 5.07. The van der Waals surface area contributed by atoms with Gasteiger partial charge in [0.2, 0.25) is 5.91 Å². The first-order valence-corrected chi connectivity index (χ1v) is 6.69. The van der Waals surface area contributed by atoms with Gasteiger partial charge in [0.1, 0.15) is 6.04 Å². The minimum atomic E-state index is -0.893. The topological polar surface area (TPSA) is 60.9 Å². The second-order valence-corrected chi connectivity index (χ2v) is 5.07. The lowest BCUT2D eigenvalue weighted by Crippen LogP contribution is -2.49. The van der Waals surface area contributed by atoms with Crippen molar-refractivity contribution in [3.63, 3.8) is 0 Å². The molecule has 5 nitrogen and oxygen atoms in total. The third kappa shape index (κ3) is 3.70. The number of carboxylic acids is 1. The van der Waals surface area contributed by atoms with Crippen LogP contribution in [0.2, 0.25) is 0 Å². The molecule has 0 saturated carbocycles. The first-order chi connectivity index (χ1) is 8.47. The summed E-state index contributed by atoms with van der Waals surface area (Å²) in [5.74, 6) is -0.840. The normalized spacial score (nSPS) is 22.0. The smallest absolute Gasteiger partial charge is 0.320 e.